The Morgan fingerprint density at radius 3 is 1.35 bits per heavy atom. The van der Waals surface area contributed by atoms with Crippen LogP contribution in [-0.4, -0.2) is 75.7 Å². The Morgan fingerprint density at radius 2 is 0.960 bits per heavy atom. The number of halogens is 12. The number of ether oxygens (including phenoxy) is 6. The summed E-state index contributed by atoms with van der Waals surface area (Å²) in [6.07, 6.45) is -18.7. The molecule has 4 aromatic heterocycles. The fraction of sp³-hybridized carbons (Fsp3) is 0.182. The number of pyridine rings is 4. The number of benzene rings is 2. The minimum atomic E-state index is -5.01. The lowest BCUT2D eigenvalue weighted by Gasteiger charge is -2.16. The van der Waals surface area contributed by atoms with E-state index in [1.807, 2.05) is 0 Å². The molecule has 0 fully saturated rings. The first-order valence-electron chi connectivity index (χ1n) is 19.9. The highest BCUT2D eigenvalue weighted by atomic mass is 19.4. The number of aromatic carboxylic acids is 1. The fourth-order valence-corrected chi connectivity index (χ4v) is 5.67. The molecular formula is C44H34F12N8O11. The molecule has 3 amide bonds. The van der Waals surface area contributed by atoms with E-state index in [9.17, 15) is 71.9 Å². The molecule has 0 spiro atoms. The fourth-order valence-electron chi connectivity index (χ4n) is 5.67. The highest BCUT2D eigenvalue weighted by Crippen LogP contribution is 2.41. The number of hydrogen-bond acceptors (Lipinski definition) is 15. The van der Waals surface area contributed by atoms with Gasteiger partial charge in [0.05, 0.1) is 14.2 Å². The third-order valence-electron chi connectivity index (χ3n) is 8.66. The summed E-state index contributed by atoms with van der Waals surface area (Å²) in [7, 11) is 2.13. The zero-order valence-electron chi connectivity index (χ0n) is 38.2. The second kappa shape index (κ2) is 23.5. The van der Waals surface area contributed by atoms with Gasteiger partial charge in [-0.3, -0.25) is 24.4 Å². The summed E-state index contributed by atoms with van der Waals surface area (Å²) < 4.78 is 180. The van der Waals surface area contributed by atoms with Crippen molar-refractivity contribution in [1.82, 2.24) is 19.9 Å². The topological polar surface area (TPSA) is 286 Å². The van der Waals surface area contributed by atoms with Crippen LogP contribution < -0.4 is 50.9 Å². The van der Waals surface area contributed by atoms with Gasteiger partial charge in [0.1, 0.15) is 56.9 Å². The van der Waals surface area contributed by atoms with E-state index < -0.39 is 94.3 Å². The Bertz CT molecular complexity index is 3060. The van der Waals surface area contributed by atoms with Gasteiger partial charge in [0.15, 0.2) is 23.0 Å². The van der Waals surface area contributed by atoms with Crippen molar-refractivity contribution < 1.29 is 105 Å². The molecule has 6 rings (SSSR count). The number of nitrogens with zero attached hydrogens (tertiary/aromatic N) is 4. The van der Waals surface area contributed by atoms with Gasteiger partial charge in [-0.15, -0.1) is 26.3 Å². The first-order chi connectivity index (χ1) is 34.7. The molecule has 0 aliphatic rings. The number of rotatable bonds is 13. The molecule has 31 heteroatoms. The highest BCUT2D eigenvalue weighted by Gasteiger charge is 2.36. The molecule has 0 radical (unpaired) electrons. The van der Waals surface area contributed by atoms with Crippen LogP contribution >= 0.6 is 0 Å². The van der Waals surface area contributed by atoms with Crippen LogP contribution in [0.5, 0.6) is 46.0 Å². The summed E-state index contributed by atoms with van der Waals surface area (Å²) in [5.41, 5.74) is 13.2. The highest BCUT2D eigenvalue weighted by molar-refractivity contribution is 6.06. The summed E-state index contributed by atoms with van der Waals surface area (Å²) in [6.45, 7) is 3.26. The first-order valence-corrected chi connectivity index (χ1v) is 19.9. The van der Waals surface area contributed by atoms with Crippen molar-refractivity contribution in [2.45, 2.75) is 38.9 Å². The predicted octanol–water partition coefficient (Wildman–Crippen LogP) is 9.42. The summed E-state index contributed by atoms with van der Waals surface area (Å²) >= 11 is 0. The van der Waals surface area contributed by atoms with Crippen molar-refractivity contribution >= 4 is 35.1 Å². The average Bonchev–Trinajstić information content (AvgIpc) is 3.28. The third-order valence-corrected chi connectivity index (χ3v) is 8.66. The molecule has 0 bridgehead atoms. The van der Waals surface area contributed by atoms with Gasteiger partial charge >= 0.3 is 31.0 Å². The molecule has 2 aromatic carbocycles. The van der Waals surface area contributed by atoms with Crippen molar-refractivity contribution in [2.75, 3.05) is 25.3 Å². The molecule has 6 aromatic rings. The molecule has 0 saturated heterocycles. The van der Waals surface area contributed by atoms with Crippen LogP contribution in [-0.2, 0) is 12.4 Å². The number of nitrogen functional groups attached to an aromatic ring is 1. The number of anilines is 2. The van der Waals surface area contributed by atoms with Crippen LogP contribution in [0.25, 0.3) is 0 Å². The molecule has 0 atom stereocenters. The van der Waals surface area contributed by atoms with Crippen molar-refractivity contribution in [3.8, 4) is 46.0 Å². The predicted molar refractivity (Wildman–Crippen MR) is 232 cm³/mol. The second-order valence-corrected chi connectivity index (χ2v) is 14.3. The number of aromatic nitrogens is 4. The molecule has 0 saturated carbocycles. The molecule has 4 heterocycles. The number of alkyl halides is 12. The van der Waals surface area contributed by atoms with E-state index in [-0.39, 0.29) is 40.1 Å². The molecule has 0 aliphatic carbocycles. The first kappa shape index (κ1) is 58.3. The Kier molecular flexibility index (Phi) is 18.2. The van der Waals surface area contributed by atoms with Gasteiger partial charge in [-0.2, -0.15) is 26.3 Å². The van der Waals surface area contributed by atoms with Gasteiger partial charge in [-0.25, -0.2) is 14.8 Å². The number of primary amides is 2. The Morgan fingerprint density at radius 1 is 0.547 bits per heavy atom. The van der Waals surface area contributed by atoms with E-state index >= 15 is 0 Å². The number of aryl methyl sites for hydroxylation is 2. The maximum Gasteiger partial charge on any atom is 0.573 e. The smallest absolute Gasteiger partial charge is 0.493 e. The Labute approximate surface area is 412 Å². The largest absolute Gasteiger partial charge is 0.573 e. The Balaban J connectivity index is 0.000000278. The molecule has 75 heavy (non-hydrogen) atoms. The molecule has 8 N–H and O–H groups in total. The lowest BCUT2D eigenvalue weighted by atomic mass is 10.2. The zero-order chi connectivity index (χ0) is 56.4. The van der Waals surface area contributed by atoms with Crippen molar-refractivity contribution in [2.24, 2.45) is 11.5 Å². The van der Waals surface area contributed by atoms with Crippen LogP contribution in [0.2, 0.25) is 0 Å². The van der Waals surface area contributed by atoms with E-state index in [2.05, 4.69) is 34.7 Å². The number of amides is 3. The third kappa shape index (κ3) is 17.4. The number of carboxylic acids is 1. The van der Waals surface area contributed by atoms with E-state index in [4.69, 9.17) is 41.3 Å². The standard InChI is InChI=1S/C22H16F6N4O5.C15H9F6NO5.C7H9N3O/c1-10-5-11(6-14(31-10)19(29)33)32-20(34)13-9-30-18(21(23,24)25)8-16(13)36-15-4-3-12(7-17(15)35-2)37-22(26,27)28;1-25-11-4-7(27-15(19,20)21)2-3-9(11)26-10-5-12(14(16,17)18)22-6-8(10)13(23)24;1-4-2-5(8)3-6(10-4)7(9)11/h3-9H,1-2H3,(H2,29,33)(H,31,32,34);2-6H,1H3,(H,23,24);2-3H,1H3,(H2,8,10)(H2,9,11). The minimum Gasteiger partial charge on any atom is -0.493 e. The normalized spacial score (nSPS) is 11.4. The van der Waals surface area contributed by atoms with Gasteiger partial charge in [0.25, 0.3) is 17.7 Å². The quantitative estimate of drug-likeness (QED) is 0.0673. The van der Waals surface area contributed by atoms with Gasteiger partial charge in [-0.1, -0.05) is 0 Å². The molecular weight excluding hydrogens is 1040 g/mol. The summed E-state index contributed by atoms with van der Waals surface area (Å²) in [5.74, 6) is -8.13. The van der Waals surface area contributed by atoms with E-state index in [1.165, 1.54) is 19.1 Å². The van der Waals surface area contributed by atoms with Gasteiger partial charge in [0.2, 0.25) is 0 Å². The lowest BCUT2D eigenvalue weighted by Crippen LogP contribution is -2.18. The number of nitrogens with two attached hydrogens (primary N) is 3. The van der Waals surface area contributed by atoms with Crippen LogP contribution in [0.4, 0.5) is 64.1 Å². The number of carbonyl (C=O) groups excluding carboxylic acids is 3. The number of carboxylic acid groups (broad SMARTS) is 1. The van der Waals surface area contributed by atoms with Gasteiger partial charge < -0.3 is 56.0 Å². The van der Waals surface area contributed by atoms with Gasteiger partial charge in [0, 0.05) is 59.4 Å². The van der Waals surface area contributed by atoms with E-state index in [1.54, 1.807) is 13.0 Å². The average molecular weight is 1080 g/mol. The molecule has 0 aliphatic heterocycles. The molecule has 400 valence electrons. The van der Waals surface area contributed by atoms with E-state index in [0.717, 1.165) is 56.7 Å². The van der Waals surface area contributed by atoms with Crippen LogP contribution in [0.3, 0.4) is 0 Å². The molecule has 19 nitrogen and oxygen atoms in total. The number of nitrogens with one attached hydrogen (secondary N) is 1. The second-order valence-electron chi connectivity index (χ2n) is 14.3. The maximum atomic E-state index is 13.3. The number of hydrogen-bond donors (Lipinski definition) is 5. The van der Waals surface area contributed by atoms with Crippen molar-refractivity contribution in [3.63, 3.8) is 0 Å². The SMILES string of the molecule is COc1cc(OC(F)(F)F)ccc1Oc1cc(C(F)(F)F)ncc1C(=O)Nc1cc(C)nc(C(N)=O)c1.COc1cc(OC(F)(F)F)ccc1Oc1cc(C(F)(F)F)ncc1C(=O)O.Cc1cc(N)cc(C(N)=O)n1. The van der Waals surface area contributed by atoms with Crippen molar-refractivity contribution in [1.29, 1.82) is 0 Å². The maximum absolute atomic E-state index is 13.3. The van der Waals surface area contributed by atoms with Crippen LogP contribution in [0.15, 0.2) is 85.2 Å². The van der Waals surface area contributed by atoms with E-state index in [0.29, 0.717) is 41.6 Å². The number of carbonyl (C=O) groups is 4. The molecule has 0 unspecified atom stereocenters. The number of methoxy groups -OCH3 is 2. The lowest BCUT2D eigenvalue weighted by molar-refractivity contribution is -0.275. The summed E-state index contributed by atoms with van der Waals surface area (Å²) in [4.78, 5) is 60.2. The van der Waals surface area contributed by atoms with Gasteiger partial charge in [-0.05, 0) is 62.4 Å². The summed E-state index contributed by atoms with van der Waals surface area (Å²) in [5, 5.41) is 11.4. The van der Waals surface area contributed by atoms with Crippen LogP contribution in [0.1, 0.15) is 64.5 Å². The van der Waals surface area contributed by atoms with Crippen molar-refractivity contribution in [3.05, 3.63) is 130 Å². The monoisotopic (exact) mass is 1080 g/mol. The van der Waals surface area contributed by atoms with Crippen LogP contribution in [0, 0.1) is 13.8 Å². The zero-order valence-corrected chi connectivity index (χ0v) is 38.2. The minimum absolute atomic E-state index is 0.0448. The Hall–Kier alpha value is -9.32. The summed E-state index contributed by atoms with van der Waals surface area (Å²) in [6, 6.07) is 11.5.